The van der Waals surface area contributed by atoms with Crippen molar-refractivity contribution in [2.24, 2.45) is 0 Å². The summed E-state index contributed by atoms with van der Waals surface area (Å²) in [6.07, 6.45) is 2.41. The first-order valence-electron chi connectivity index (χ1n) is 11.6. The molecular weight excluding hydrogens is 540 g/mol. The molecule has 0 N–H and O–H groups in total. The number of halogens is 1. The molecule has 0 saturated carbocycles. The maximum atomic E-state index is 13.7. The monoisotopic (exact) mass is 564 g/mol. The second-order valence-corrected chi connectivity index (χ2v) is 9.12. The third-order valence-electron chi connectivity index (χ3n) is 5.37. The molecule has 0 bridgehead atoms. The molecule has 1 aliphatic heterocycles. The van der Waals surface area contributed by atoms with E-state index in [1.165, 1.54) is 9.80 Å². The first-order valence-corrected chi connectivity index (χ1v) is 12.8. The average molecular weight is 565 g/mol. The molecule has 1 aliphatic rings. The fourth-order valence-electron chi connectivity index (χ4n) is 3.78. The van der Waals surface area contributed by atoms with Crippen molar-refractivity contribution in [2.75, 3.05) is 23.0 Å². The number of nitrogens with zero attached hydrogens (tertiary/aromatic N) is 2. The molecule has 0 aromatic heterocycles. The van der Waals surface area contributed by atoms with E-state index >= 15 is 0 Å². The molecule has 0 atom stereocenters. The second-order valence-electron chi connectivity index (χ2n) is 7.90. The van der Waals surface area contributed by atoms with E-state index in [1.807, 2.05) is 50.2 Å². The molecule has 36 heavy (non-hydrogen) atoms. The van der Waals surface area contributed by atoms with Crippen LogP contribution in [0.3, 0.4) is 0 Å². The normalized spacial score (nSPS) is 13.8. The van der Waals surface area contributed by atoms with Gasteiger partial charge in [-0.25, -0.2) is 0 Å². The number of hydrogen-bond acceptors (Lipinski definition) is 5. The van der Waals surface area contributed by atoms with Crippen molar-refractivity contribution in [3.05, 3.63) is 88.4 Å². The van der Waals surface area contributed by atoms with Gasteiger partial charge in [-0.15, -0.1) is 0 Å². The second kappa shape index (κ2) is 11.5. The summed E-state index contributed by atoms with van der Waals surface area (Å²) in [5.41, 5.74) is 1.74. The highest BCUT2D eigenvalue weighted by Crippen LogP contribution is 2.38. The van der Waals surface area contributed by atoms with Crippen LogP contribution in [0.25, 0.3) is 6.08 Å². The van der Waals surface area contributed by atoms with E-state index in [4.69, 9.17) is 21.7 Å². The van der Waals surface area contributed by atoms with Crippen LogP contribution >= 0.6 is 28.1 Å². The molecule has 184 valence electrons. The van der Waals surface area contributed by atoms with E-state index in [1.54, 1.807) is 42.5 Å². The summed E-state index contributed by atoms with van der Waals surface area (Å²) in [7, 11) is 0. The maximum Gasteiger partial charge on any atom is 0.270 e. The first-order chi connectivity index (χ1) is 17.5. The Balaban J connectivity index is 1.84. The zero-order valence-electron chi connectivity index (χ0n) is 19.9. The van der Waals surface area contributed by atoms with Gasteiger partial charge in [-0.3, -0.25) is 19.4 Å². The lowest BCUT2D eigenvalue weighted by Crippen LogP contribution is -2.56. The van der Waals surface area contributed by atoms with Gasteiger partial charge in [0.05, 0.1) is 29.1 Å². The van der Waals surface area contributed by atoms with Crippen LogP contribution in [-0.2, 0) is 9.59 Å². The number of amides is 2. The van der Waals surface area contributed by atoms with Gasteiger partial charge in [0.2, 0.25) is 0 Å². The Kier molecular flexibility index (Phi) is 8.18. The van der Waals surface area contributed by atoms with Gasteiger partial charge >= 0.3 is 0 Å². The molecule has 1 heterocycles. The molecule has 1 saturated heterocycles. The zero-order chi connectivity index (χ0) is 25.7. The van der Waals surface area contributed by atoms with E-state index in [2.05, 4.69) is 15.9 Å². The fourth-order valence-corrected chi connectivity index (χ4v) is 4.74. The van der Waals surface area contributed by atoms with E-state index in [9.17, 15) is 9.59 Å². The number of ether oxygens (including phenoxy) is 2. The van der Waals surface area contributed by atoms with Crippen molar-refractivity contribution < 1.29 is 19.1 Å². The van der Waals surface area contributed by atoms with Gasteiger partial charge in [-0.2, -0.15) is 0 Å². The molecule has 1 fully saturated rings. The Hall–Kier alpha value is -3.49. The quantitative estimate of drug-likeness (QED) is 0.180. The fraction of sp³-hybridized carbons (Fsp3) is 0.179. The minimum absolute atomic E-state index is 0.0205. The molecule has 0 aliphatic carbocycles. The van der Waals surface area contributed by atoms with Crippen LogP contribution < -0.4 is 19.3 Å². The minimum atomic E-state index is -0.497. The number of hydrogen-bond donors (Lipinski definition) is 0. The Morgan fingerprint density at radius 2 is 1.42 bits per heavy atom. The van der Waals surface area contributed by atoms with Gasteiger partial charge in [-0.05, 0) is 89.5 Å². The summed E-state index contributed by atoms with van der Waals surface area (Å²) in [4.78, 5) is 30.1. The summed E-state index contributed by atoms with van der Waals surface area (Å²) in [5, 5.41) is 0.0963. The van der Waals surface area contributed by atoms with Crippen LogP contribution in [0.15, 0.2) is 82.8 Å². The molecular formula is C28H25BrN2O4S. The van der Waals surface area contributed by atoms with Crippen LogP contribution in [0.1, 0.15) is 25.8 Å². The highest BCUT2D eigenvalue weighted by Gasteiger charge is 2.41. The standard InChI is InChI=1S/C28H25BrN2O4S/c1-3-15-35-25-23(29)17-19(18-24(25)34-4-2)16-22-26(32)30(20-11-7-5-8-12-20)28(36)31(27(22)33)21-13-9-6-10-14-21/h5-14,16-18H,3-4,15H2,1-2H3. The van der Waals surface area contributed by atoms with Gasteiger partial charge in [-0.1, -0.05) is 43.3 Å². The van der Waals surface area contributed by atoms with Crippen molar-refractivity contribution in [3.8, 4) is 11.5 Å². The summed E-state index contributed by atoms with van der Waals surface area (Å²) >= 11 is 9.21. The predicted molar refractivity (Wildman–Crippen MR) is 150 cm³/mol. The lowest BCUT2D eigenvalue weighted by atomic mass is 10.0. The molecule has 3 aromatic rings. The van der Waals surface area contributed by atoms with Gasteiger partial charge in [0.1, 0.15) is 5.57 Å². The summed E-state index contributed by atoms with van der Waals surface area (Å²) in [6.45, 7) is 4.87. The van der Waals surface area contributed by atoms with Crippen molar-refractivity contribution in [1.82, 2.24) is 0 Å². The smallest absolute Gasteiger partial charge is 0.270 e. The molecule has 3 aromatic carbocycles. The Labute approximate surface area is 224 Å². The topological polar surface area (TPSA) is 59.1 Å². The third kappa shape index (κ3) is 5.20. The lowest BCUT2D eigenvalue weighted by Gasteiger charge is -2.36. The summed E-state index contributed by atoms with van der Waals surface area (Å²) < 4.78 is 12.3. The van der Waals surface area contributed by atoms with E-state index in [-0.39, 0.29) is 10.7 Å². The Morgan fingerprint density at radius 1 is 0.861 bits per heavy atom. The lowest BCUT2D eigenvalue weighted by molar-refractivity contribution is -0.120. The van der Waals surface area contributed by atoms with Crippen LogP contribution in [0.4, 0.5) is 11.4 Å². The number of anilines is 2. The number of rotatable bonds is 8. The van der Waals surface area contributed by atoms with Gasteiger partial charge in [0, 0.05) is 0 Å². The molecule has 2 amide bonds. The number of para-hydroxylation sites is 2. The molecule has 6 nitrogen and oxygen atoms in total. The average Bonchev–Trinajstić information content (AvgIpc) is 2.88. The van der Waals surface area contributed by atoms with Gasteiger partial charge < -0.3 is 9.47 Å². The van der Waals surface area contributed by atoms with Crippen LogP contribution in [-0.4, -0.2) is 30.1 Å². The zero-order valence-corrected chi connectivity index (χ0v) is 22.3. The van der Waals surface area contributed by atoms with Gasteiger partial charge in [0.25, 0.3) is 11.8 Å². The molecule has 4 rings (SSSR count). The maximum absolute atomic E-state index is 13.7. The largest absolute Gasteiger partial charge is 0.490 e. The van der Waals surface area contributed by atoms with Crippen molar-refractivity contribution >= 4 is 62.5 Å². The van der Waals surface area contributed by atoms with Crippen molar-refractivity contribution in [1.29, 1.82) is 0 Å². The van der Waals surface area contributed by atoms with E-state index < -0.39 is 11.8 Å². The Bertz CT molecular complexity index is 1250. The number of benzene rings is 3. The van der Waals surface area contributed by atoms with Crippen LogP contribution in [0.2, 0.25) is 0 Å². The van der Waals surface area contributed by atoms with E-state index in [0.29, 0.717) is 46.1 Å². The number of carbonyl (C=O) groups excluding carboxylic acids is 2. The number of thiocarbonyl (C=S) groups is 1. The van der Waals surface area contributed by atoms with Crippen molar-refractivity contribution in [2.45, 2.75) is 20.3 Å². The number of carbonyl (C=O) groups is 2. The highest BCUT2D eigenvalue weighted by molar-refractivity contribution is 9.10. The molecule has 8 heteroatoms. The van der Waals surface area contributed by atoms with Crippen LogP contribution in [0.5, 0.6) is 11.5 Å². The minimum Gasteiger partial charge on any atom is -0.490 e. The SMILES string of the molecule is CCCOc1c(Br)cc(C=C2C(=O)N(c3ccccc3)C(=S)N(c3ccccc3)C2=O)cc1OCC. The third-order valence-corrected chi connectivity index (χ3v) is 6.33. The van der Waals surface area contributed by atoms with Gasteiger partial charge in [0.15, 0.2) is 16.6 Å². The molecule has 0 unspecified atom stereocenters. The molecule has 0 spiro atoms. The predicted octanol–water partition coefficient (Wildman–Crippen LogP) is 6.38. The molecule has 0 radical (unpaired) electrons. The van der Waals surface area contributed by atoms with E-state index in [0.717, 1.165) is 6.42 Å². The highest BCUT2D eigenvalue weighted by atomic mass is 79.9. The summed E-state index contributed by atoms with van der Waals surface area (Å²) in [6, 6.07) is 21.7. The Morgan fingerprint density at radius 3 is 1.92 bits per heavy atom. The van der Waals surface area contributed by atoms with Crippen LogP contribution in [0, 0.1) is 0 Å². The first kappa shape index (κ1) is 25.6. The van der Waals surface area contributed by atoms with Crippen molar-refractivity contribution in [3.63, 3.8) is 0 Å². The summed E-state index contributed by atoms with van der Waals surface area (Å²) in [5.74, 6) is 0.117.